The number of para-hydroxylation sites is 1. The number of nitrogens with one attached hydrogen (secondary N) is 3. The SMILES string of the molecule is CC(=O)Nc1ccc(NC(=O)COC(=O)[C@H]2CC(=O)N(NC(=O)c3ccccc3[N+](=O)[O-])C2)cc1. The van der Waals surface area contributed by atoms with Gasteiger partial charge in [-0.3, -0.25) is 44.5 Å². The molecule has 4 amide bonds. The van der Waals surface area contributed by atoms with Crippen molar-refractivity contribution < 1.29 is 33.6 Å². The van der Waals surface area contributed by atoms with E-state index in [0.29, 0.717) is 11.4 Å². The van der Waals surface area contributed by atoms with Crippen LogP contribution in [0.2, 0.25) is 0 Å². The second-order valence-corrected chi connectivity index (χ2v) is 7.54. The molecule has 182 valence electrons. The number of benzene rings is 2. The molecule has 0 aromatic heterocycles. The lowest BCUT2D eigenvalue weighted by Crippen LogP contribution is -2.43. The number of hydrogen-bond donors (Lipinski definition) is 3. The van der Waals surface area contributed by atoms with Crippen LogP contribution in [0.15, 0.2) is 48.5 Å². The Morgan fingerprint density at radius 1 is 1.06 bits per heavy atom. The molecule has 13 nitrogen and oxygen atoms in total. The maximum atomic E-state index is 12.4. The van der Waals surface area contributed by atoms with E-state index >= 15 is 0 Å². The van der Waals surface area contributed by atoms with Crippen LogP contribution in [0.3, 0.4) is 0 Å². The van der Waals surface area contributed by atoms with Crippen LogP contribution in [0.25, 0.3) is 0 Å². The van der Waals surface area contributed by atoms with E-state index in [1.54, 1.807) is 24.3 Å². The lowest BCUT2D eigenvalue weighted by atomic mass is 10.1. The average Bonchev–Trinajstić information content (AvgIpc) is 3.18. The van der Waals surface area contributed by atoms with Crippen molar-refractivity contribution in [1.29, 1.82) is 0 Å². The minimum atomic E-state index is -0.932. The molecule has 3 N–H and O–H groups in total. The van der Waals surface area contributed by atoms with Crippen LogP contribution >= 0.6 is 0 Å². The molecule has 2 aromatic carbocycles. The molecule has 0 unspecified atom stereocenters. The molecule has 1 heterocycles. The van der Waals surface area contributed by atoms with Gasteiger partial charge in [-0.05, 0) is 30.3 Å². The van der Waals surface area contributed by atoms with Crippen molar-refractivity contribution in [1.82, 2.24) is 10.4 Å². The molecule has 1 aliphatic heterocycles. The van der Waals surface area contributed by atoms with Gasteiger partial charge in [-0.1, -0.05) is 12.1 Å². The van der Waals surface area contributed by atoms with Gasteiger partial charge >= 0.3 is 5.97 Å². The first-order valence-electron chi connectivity index (χ1n) is 10.3. The van der Waals surface area contributed by atoms with Crippen LogP contribution in [-0.2, 0) is 23.9 Å². The van der Waals surface area contributed by atoms with Gasteiger partial charge in [0.15, 0.2) is 6.61 Å². The number of ether oxygens (including phenoxy) is 1. The summed E-state index contributed by atoms with van der Waals surface area (Å²) in [4.78, 5) is 70.4. The molecule has 13 heteroatoms. The molecule has 0 spiro atoms. The van der Waals surface area contributed by atoms with Crippen molar-refractivity contribution in [3.63, 3.8) is 0 Å². The Hall–Kier alpha value is -4.81. The fourth-order valence-electron chi connectivity index (χ4n) is 3.27. The number of amides is 4. The Kier molecular flexibility index (Phi) is 7.71. The van der Waals surface area contributed by atoms with E-state index in [1.165, 1.54) is 25.1 Å². The lowest BCUT2D eigenvalue weighted by Gasteiger charge is -2.17. The van der Waals surface area contributed by atoms with Crippen LogP contribution in [-0.4, -0.2) is 52.7 Å². The zero-order valence-corrected chi connectivity index (χ0v) is 18.5. The fraction of sp³-hybridized carbons (Fsp3) is 0.227. The Morgan fingerprint density at radius 2 is 1.69 bits per heavy atom. The molecule has 0 radical (unpaired) electrons. The van der Waals surface area contributed by atoms with Crippen LogP contribution in [0.5, 0.6) is 0 Å². The Morgan fingerprint density at radius 3 is 2.31 bits per heavy atom. The maximum absolute atomic E-state index is 12.4. The number of esters is 1. The summed E-state index contributed by atoms with van der Waals surface area (Å²) in [5.41, 5.74) is 2.56. The van der Waals surface area contributed by atoms with E-state index in [1.807, 2.05) is 0 Å². The van der Waals surface area contributed by atoms with E-state index in [0.717, 1.165) is 11.1 Å². The molecular formula is C22H21N5O8. The first-order valence-corrected chi connectivity index (χ1v) is 10.3. The standard InChI is InChI=1S/C22H21N5O8/c1-13(28)23-15-6-8-16(9-7-15)24-19(29)12-35-22(32)14-10-20(30)26(11-14)25-21(31)17-4-2-3-5-18(17)27(33)34/h2-9,14H,10-12H2,1H3,(H,23,28)(H,24,29)(H,25,31)/t14-/m0/s1. The van der Waals surface area contributed by atoms with Crippen molar-refractivity contribution in [3.8, 4) is 0 Å². The van der Waals surface area contributed by atoms with Gasteiger partial charge in [0.05, 0.1) is 17.4 Å². The molecule has 0 aliphatic carbocycles. The van der Waals surface area contributed by atoms with Crippen LogP contribution < -0.4 is 16.1 Å². The number of carbonyl (C=O) groups is 5. The predicted molar refractivity (Wildman–Crippen MR) is 121 cm³/mol. The number of anilines is 2. The third-order valence-electron chi connectivity index (χ3n) is 4.87. The number of rotatable bonds is 8. The van der Waals surface area contributed by atoms with E-state index in [9.17, 15) is 34.1 Å². The largest absolute Gasteiger partial charge is 0.455 e. The molecule has 35 heavy (non-hydrogen) atoms. The second-order valence-electron chi connectivity index (χ2n) is 7.54. The van der Waals surface area contributed by atoms with Crippen molar-refractivity contribution >= 4 is 46.7 Å². The van der Waals surface area contributed by atoms with E-state index < -0.39 is 46.8 Å². The topological polar surface area (TPSA) is 177 Å². The monoisotopic (exact) mass is 483 g/mol. The van der Waals surface area contributed by atoms with E-state index in [2.05, 4.69) is 16.1 Å². The summed E-state index contributed by atoms with van der Waals surface area (Å²) in [5, 5.41) is 17.1. The fourth-order valence-corrected chi connectivity index (χ4v) is 3.27. The molecule has 1 atom stereocenters. The van der Waals surface area contributed by atoms with Gasteiger partial charge in [-0.15, -0.1) is 0 Å². The van der Waals surface area contributed by atoms with E-state index in [4.69, 9.17) is 4.74 Å². The van der Waals surface area contributed by atoms with Gasteiger partial charge in [-0.25, -0.2) is 0 Å². The first-order chi connectivity index (χ1) is 16.6. The summed E-state index contributed by atoms with van der Waals surface area (Å²) < 4.78 is 4.98. The number of hydrazine groups is 1. The molecule has 2 aromatic rings. The van der Waals surface area contributed by atoms with Crippen molar-refractivity contribution in [2.45, 2.75) is 13.3 Å². The molecule has 0 saturated carbocycles. The molecular weight excluding hydrogens is 462 g/mol. The molecule has 1 aliphatic rings. The Bertz CT molecular complexity index is 1180. The minimum Gasteiger partial charge on any atom is -0.455 e. The highest BCUT2D eigenvalue weighted by Crippen LogP contribution is 2.21. The Labute approximate surface area is 198 Å². The highest BCUT2D eigenvalue weighted by Gasteiger charge is 2.37. The van der Waals surface area contributed by atoms with Crippen molar-refractivity contribution in [2.75, 3.05) is 23.8 Å². The quantitative estimate of drug-likeness (QED) is 0.285. The second kappa shape index (κ2) is 10.9. The van der Waals surface area contributed by atoms with Gasteiger partial charge in [-0.2, -0.15) is 0 Å². The van der Waals surface area contributed by atoms with Gasteiger partial charge in [0.2, 0.25) is 11.8 Å². The summed E-state index contributed by atoms with van der Waals surface area (Å²) in [6.07, 6.45) is -0.262. The van der Waals surface area contributed by atoms with Gasteiger partial charge in [0.25, 0.3) is 17.5 Å². The summed E-state index contributed by atoms with van der Waals surface area (Å²) in [6, 6.07) is 11.5. The number of hydrogen-bond acceptors (Lipinski definition) is 8. The number of nitro groups is 1. The van der Waals surface area contributed by atoms with Gasteiger partial charge in [0.1, 0.15) is 5.56 Å². The first kappa shape index (κ1) is 24.8. The highest BCUT2D eigenvalue weighted by atomic mass is 16.6. The summed E-state index contributed by atoms with van der Waals surface area (Å²) in [5.74, 6) is -4.04. The number of nitro benzene ring substituents is 1. The van der Waals surface area contributed by atoms with Crippen molar-refractivity contribution in [3.05, 3.63) is 64.2 Å². The summed E-state index contributed by atoms with van der Waals surface area (Å²) >= 11 is 0. The molecule has 3 rings (SSSR count). The zero-order valence-electron chi connectivity index (χ0n) is 18.5. The minimum absolute atomic E-state index is 0.212. The van der Waals surface area contributed by atoms with Crippen LogP contribution in [0.1, 0.15) is 23.7 Å². The molecule has 1 fully saturated rings. The third kappa shape index (κ3) is 6.60. The smallest absolute Gasteiger partial charge is 0.311 e. The Balaban J connectivity index is 1.49. The predicted octanol–water partition coefficient (Wildman–Crippen LogP) is 1.23. The van der Waals surface area contributed by atoms with Gasteiger partial charge in [0, 0.05) is 30.8 Å². The lowest BCUT2D eigenvalue weighted by molar-refractivity contribution is -0.385. The number of nitrogens with zero attached hydrogens (tertiary/aromatic N) is 2. The zero-order chi connectivity index (χ0) is 25.5. The summed E-state index contributed by atoms with van der Waals surface area (Å²) in [6.45, 7) is 0.556. The highest BCUT2D eigenvalue weighted by molar-refractivity contribution is 5.99. The average molecular weight is 483 g/mol. The summed E-state index contributed by atoms with van der Waals surface area (Å²) in [7, 11) is 0. The molecule has 1 saturated heterocycles. The van der Waals surface area contributed by atoms with Crippen molar-refractivity contribution in [2.24, 2.45) is 5.92 Å². The van der Waals surface area contributed by atoms with E-state index in [-0.39, 0.29) is 24.4 Å². The van der Waals surface area contributed by atoms with Gasteiger partial charge < -0.3 is 15.4 Å². The number of carbonyl (C=O) groups excluding carboxylic acids is 5. The maximum Gasteiger partial charge on any atom is 0.311 e. The van der Waals surface area contributed by atoms with Crippen LogP contribution in [0.4, 0.5) is 17.1 Å². The molecule has 0 bridgehead atoms. The van der Waals surface area contributed by atoms with Crippen LogP contribution in [0, 0.1) is 16.0 Å². The third-order valence-corrected chi connectivity index (χ3v) is 4.87. The normalized spacial score (nSPS) is 14.7.